The van der Waals surface area contributed by atoms with E-state index in [1.54, 1.807) is 0 Å². The fraction of sp³-hybridized carbons (Fsp3) is 0.524. The summed E-state index contributed by atoms with van der Waals surface area (Å²) in [6.07, 6.45) is -0.227. The molecular weight excluding hydrogens is 449 g/mol. The Morgan fingerprint density at radius 3 is 2.25 bits per heavy atom. The number of imide groups is 1. The quantitative estimate of drug-likeness (QED) is 0.645. The van der Waals surface area contributed by atoms with Gasteiger partial charge in [-0.2, -0.15) is 13.2 Å². The lowest BCUT2D eigenvalue weighted by Gasteiger charge is -2.35. The highest BCUT2D eigenvalue weighted by Gasteiger charge is 2.40. The van der Waals surface area contributed by atoms with Crippen molar-refractivity contribution in [1.29, 1.82) is 0 Å². The lowest BCUT2D eigenvalue weighted by molar-refractivity contribution is -0.142. The van der Waals surface area contributed by atoms with Gasteiger partial charge in [-0.05, 0) is 43.2 Å². The van der Waals surface area contributed by atoms with Crippen LogP contribution in [0.4, 0.5) is 13.2 Å². The lowest BCUT2D eigenvalue weighted by Crippen LogP contribution is -2.48. The summed E-state index contributed by atoms with van der Waals surface area (Å²) in [6, 6.07) is 0.830. The number of fused-ring (bicyclic) bond motifs is 1. The van der Waals surface area contributed by atoms with Crippen molar-refractivity contribution >= 4 is 35.0 Å². The summed E-state index contributed by atoms with van der Waals surface area (Å²) in [6.45, 7) is 0.508. The second-order valence-corrected chi connectivity index (χ2v) is 8.94. The molecule has 7 nitrogen and oxygen atoms in total. The van der Waals surface area contributed by atoms with Crippen molar-refractivity contribution in [1.82, 2.24) is 19.2 Å². The molecule has 2 saturated heterocycles. The predicted octanol–water partition coefficient (Wildman–Crippen LogP) is 3.64. The van der Waals surface area contributed by atoms with Gasteiger partial charge in [-0.1, -0.05) is 11.6 Å². The van der Waals surface area contributed by atoms with Gasteiger partial charge >= 0.3 is 6.18 Å². The maximum Gasteiger partial charge on any atom is 0.419 e. The van der Waals surface area contributed by atoms with Crippen LogP contribution in [0.25, 0.3) is 5.65 Å². The molecule has 11 heteroatoms. The van der Waals surface area contributed by atoms with Crippen molar-refractivity contribution in [2.45, 2.75) is 56.7 Å². The molecule has 3 aliphatic rings. The molecule has 170 valence electrons. The Balaban J connectivity index is 1.41. The smallest absolute Gasteiger partial charge is 0.337 e. The molecule has 2 aromatic heterocycles. The van der Waals surface area contributed by atoms with Gasteiger partial charge in [-0.3, -0.25) is 23.7 Å². The predicted molar refractivity (Wildman–Crippen MR) is 107 cm³/mol. The second-order valence-electron chi connectivity index (χ2n) is 8.58. The van der Waals surface area contributed by atoms with E-state index in [4.69, 9.17) is 11.6 Å². The minimum atomic E-state index is -4.63. The van der Waals surface area contributed by atoms with Gasteiger partial charge in [0.25, 0.3) is 5.91 Å². The van der Waals surface area contributed by atoms with Crippen LogP contribution in [0.5, 0.6) is 0 Å². The fourth-order valence-corrected chi connectivity index (χ4v) is 4.85. The molecule has 3 amide bonds. The fourth-order valence-electron chi connectivity index (χ4n) is 4.60. The first-order valence-electron chi connectivity index (χ1n) is 10.6. The Morgan fingerprint density at radius 1 is 1.06 bits per heavy atom. The van der Waals surface area contributed by atoms with E-state index < -0.39 is 23.3 Å². The highest BCUT2D eigenvalue weighted by Crippen LogP contribution is 2.43. The van der Waals surface area contributed by atoms with Gasteiger partial charge in [0, 0.05) is 38.2 Å². The number of carbonyl (C=O) groups excluding carboxylic acids is 3. The van der Waals surface area contributed by atoms with E-state index in [2.05, 4.69) is 4.98 Å². The second kappa shape index (κ2) is 7.47. The summed E-state index contributed by atoms with van der Waals surface area (Å²) in [7, 11) is 0. The Kier molecular flexibility index (Phi) is 4.96. The van der Waals surface area contributed by atoms with Crippen molar-refractivity contribution in [3.05, 3.63) is 34.2 Å². The van der Waals surface area contributed by atoms with Crippen LogP contribution < -0.4 is 0 Å². The lowest BCUT2D eigenvalue weighted by atomic mass is 10.0. The number of carbonyl (C=O) groups is 3. The molecule has 5 rings (SSSR count). The van der Waals surface area contributed by atoms with E-state index in [-0.39, 0.29) is 60.6 Å². The number of pyridine rings is 1. The van der Waals surface area contributed by atoms with Crippen LogP contribution in [-0.4, -0.2) is 56.0 Å². The number of imidazole rings is 1. The number of hydrogen-bond acceptors (Lipinski definition) is 4. The van der Waals surface area contributed by atoms with E-state index in [0.29, 0.717) is 18.4 Å². The topological polar surface area (TPSA) is 75.0 Å². The largest absolute Gasteiger partial charge is 0.419 e. The van der Waals surface area contributed by atoms with Gasteiger partial charge in [0.05, 0.1) is 5.56 Å². The number of rotatable bonds is 3. The highest BCUT2D eigenvalue weighted by atomic mass is 35.5. The summed E-state index contributed by atoms with van der Waals surface area (Å²) in [4.78, 5) is 43.7. The first-order valence-corrected chi connectivity index (χ1v) is 11.0. The van der Waals surface area contributed by atoms with Gasteiger partial charge in [-0.15, -0.1) is 0 Å². The monoisotopic (exact) mass is 468 g/mol. The zero-order chi connectivity index (χ0) is 22.8. The molecule has 1 saturated carbocycles. The molecule has 0 bridgehead atoms. The third-order valence-electron chi connectivity index (χ3n) is 6.45. The number of likely N-dealkylation sites (tertiary alicyclic amines) is 2. The van der Waals surface area contributed by atoms with Crippen LogP contribution in [0.1, 0.15) is 66.1 Å². The van der Waals surface area contributed by atoms with Crippen molar-refractivity contribution in [3.8, 4) is 0 Å². The molecule has 1 aliphatic carbocycles. The number of piperidine rings is 1. The van der Waals surface area contributed by atoms with Crippen LogP contribution in [-0.2, 0) is 15.8 Å². The molecule has 0 spiro atoms. The Bertz CT molecular complexity index is 1120. The van der Waals surface area contributed by atoms with Crippen LogP contribution in [0.3, 0.4) is 0 Å². The zero-order valence-corrected chi connectivity index (χ0v) is 17.7. The minimum absolute atomic E-state index is 0.0631. The van der Waals surface area contributed by atoms with Crippen LogP contribution in [0.15, 0.2) is 12.3 Å². The molecule has 32 heavy (non-hydrogen) atoms. The molecule has 0 unspecified atom stereocenters. The average Bonchev–Trinajstić information content (AvgIpc) is 3.48. The van der Waals surface area contributed by atoms with Gasteiger partial charge < -0.3 is 4.90 Å². The zero-order valence-electron chi connectivity index (χ0n) is 17.0. The van der Waals surface area contributed by atoms with Crippen LogP contribution in [0.2, 0.25) is 5.15 Å². The Morgan fingerprint density at radius 2 is 1.69 bits per heavy atom. The van der Waals surface area contributed by atoms with Gasteiger partial charge in [0.15, 0.2) is 11.3 Å². The molecule has 0 radical (unpaired) electrons. The van der Waals surface area contributed by atoms with Gasteiger partial charge in [0.1, 0.15) is 5.15 Å². The summed E-state index contributed by atoms with van der Waals surface area (Å²) < 4.78 is 42.2. The van der Waals surface area contributed by atoms with Crippen LogP contribution in [0, 0.1) is 0 Å². The number of alkyl halides is 3. The van der Waals surface area contributed by atoms with Crippen molar-refractivity contribution in [2.24, 2.45) is 0 Å². The maximum absolute atomic E-state index is 13.7. The van der Waals surface area contributed by atoms with Crippen molar-refractivity contribution < 1.29 is 27.6 Å². The first-order chi connectivity index (χ1) is 15.1. The summed E-state index contributed by atoms with van der Waals surface area (Å²) >= 11 is 6.35. The molecule has 2 aliphatic heterocycles. The third kappa shape index (κ3) is 3.54. The Labute approximate surface area is 186 Å². The molecule has 3 fully saturated rings. The van der Waals surface area contributed by atoms with Crippen LogP contribution >= 0.6 is 11.6 Å². The number of amides is 3. The van der Waals surface area contributed by atoms with E-state index >= 15 is 0 Å². The van der Waals surface area contributed by atoms with E-state index in [1.165, 1.54) is 16.0 Å². The minimum Gasteiger partial charge on any atom is -0.337 e. The summed E-state index contributed by atoms with van der Waals surface area (Å²) in [5, 5.41) is -0.148. The molecule has 0 N–H and O–H groups in total. The Hall–Kier alpha value is -2.62. The van der Waals surface area contributed by atoms with Gasteiger partial charge in [-0.25, -0.2) is 4.98 Å². The van der Waals surface area contributed by atoms with Crippen molar-refractivity contribution in [2.75, 3.05) is 13.1 Å². The number of aromatic nitrogens is 2. The highest BCUT2D eigenvalue weighted by molar-refractivity contribution is 6.33. The standard InChI is InChI=1S/C21H20ClF3N4O3/c22-18-17(20(32)27-7-5-13(6-8-27)29-15(30)3-4-16(29)31)26-19-14(21(23,24)25)9-12(10-28(18)19)11-1-2-11/h9-11,13H,1-8H2. The third-order valence-corrected chi connectivity index (χ3v) is 6.81. The number of hydrogen-bond donors (Lipinski definition) is 0. The molecule has 0 aromatic carbocycles. The van der Waals surface area contributed by atoms with E-state index in [9.17, 15) is 27.6 Å². The molecule has 2 aromatic rings. The number of halogens is 4. The number of nitrogens with zero attached hydrogens (tertiary/aromatic N) is 4. The van der Waals surface area contributed by atoms with E-state index in [0.717, 1.165) is 23.3 Å². The maximum atomic E-state index is 13.7. The molecular formula is C21H20ClF3N4O3. The van der Waals surface area contributed by atoms with Gasteiger partial charge in [0.2, 0.25) is 11.8 Å². The summed E-state index contributed by atoms with van der Waals surface area (Å²) in [5.74, 6) is -0.894. The normalized spacial score (nSPS) is 20.6. The van der Waals surface area contributed by atoms with Crippen molar-refractivity contribution in [3.63, 3.8) is 0 Å². The average molecular weight is 469 g/mol. The first kappa shape index (κ1) is 21.2. The summed E-state index contributed by atoms with van der Waals surface area (Å²) in [5.41, 5.74) is -0.994. The molecule has 0 atom stereocenters. The molecule has 4 heterocycles. The van der Waals surface area contributed by atoms with E-state index in [1.807, 2.05) is 0 Å². The SMILES string of the molecule is O=C(c1nc2c(C(F)(F)F)cc(C3CC3)cn2c1Cl)N1CCC(N2C(=O)CCC2=O)CC1.